The van der Waals surface area contributed by atoms with Crippen LogP contribution >= 0.6 is 0 Å². The minimum atomic E-state index is 0.274. The van der Waals surface area contributed by atoms with Crippen LogP contribution in [0.4, 0.5) is 0 Å². The van der Waals surface area contributed by atoms with Gasteiger partial charge in [-0.2, -0.15) is 0 Å². The molecule has 0 spiro atoms. The normalized spacial score (nSPS) is 11.1. The molecule has 0 aliphatic rings. The summed E-state index contributed by atoms with van der Waals surface area (Å²) in [5, 5.41) is 0. The molecule has 0 aromatic carbocycles. The van der Waals surface area contributed by atoms with Crippen LogP contribution in [0.3, 0.4) is 0 Å². The molecule has 12 heavy (non-hydrogen) atoms. The van der Waals surface area contributed by atoms with Gasteiger partial charge in [0.1, 0.15) is 5.78 Å². The molecule has 0 aliphatic carbocycles. The lowest BCUT2D eigenvalue weighted by molar-refractivity contribution is -0.118. The molecule has 0 fully saturated rings. The van der Waals surface area contributed by atoms with Gasteiger partial charge in [-0.25, -0.2) is 0 Å². The van der Waals surface area contributed by atoms with Crippen molar-refractivity contribution in [2.45, 2.75) is 26.2 Å². The van der Waals surface area contributed by atoms with Gasteiger partial charge in [-0.1, -0.05) is 30.4 Å². The molecule has 66 valence electrons. The lowest BCUT2D eigenvalue weighted by Gasteiger charge is -1.91. The molecule has 0 amide bonds. The summed E-state index contributed by atoms with van der Waals surface area (Å²) in [5.41, 5.74) is 0. The average molecular weight is 164 g/mol. The van der Waals surface area contributed by atoms with Crippen molar-refractivity contribution >= 4 is 5.78 Å². The van der Waals surface area contributed by atoms with Crippen molar-refractivity contribution in [3.63, 3.8) is 0 Å². The lowest BCUT2D eigenvalue weighted by Crippen LogP contribution is -1.93. The Morgan fingerprint density at radius 1 is 1.42 bits per heavy atom. The highest BCUT2D eigenvalue weighted by Crippen LogP contribution is 1.96. The summed E-state index contributed by atoms with van der Waals surface area (Å²) >= 11 is 0. The van der Waals surface area contributed by atoms with E-state index in [0.29, 0.717) is 12.8 Å². The summed E-state index contributed by atoms with van der Waals surface area (Å²) in [6.45, 7) is 5.51. The zero-order valence-corrected chi connectivity index (χ0v) is 7.62. The first-order chi connectivity index (χ1) is 5.81. The van der Waals surface area contributed by atoms with Crippen molar-refractivity contribution < 1.29 is 4.79 Å². The molecule has 1 nitrogen and oxygen atoms in total. The van der Waals surface area contributed by atoms with Gasteiger partial charge in [0.15, 0.2) is 0 Å². The van der Waals surface area contributed by atoms with E-state index < -0.39 is 0 Å². The van der Waals surface area contributed by atoms with Crippen LogP contribution in [0.25, 0.3) is 0 Å². The number of ketones is 1. The molecule has 0 rings (SSSR count). The molecular weight excluding hydrogens is 148 g/mol. The summed E-state index contributed by atoms with van der Waals surface area (Å²) in [4.78, 5) is 11.0. The minimum absolute atomic E-state index is 0.274. The number of Topliss-reactive ketones (excluding diaryl/α,β-unsaturated/α-hetero) is 1. The number of carbonyl (C=O) groups is 1. The Hall–Kier alpha value is -1.11. The van der Waals surface area contributed by atoms with E-state index in [1.54, 1.807) is 6.08 Å². The van der Waals surface area contributed by atoms with Crippen LogP contribution in [0.2, 0.25) is 0 Å². The van der Waals surface area contributed by atoms with E-state index in [1.807, 2.05) is 31.2 Å². The van der Waals surface area contributed by atoms with Gasteiger partial charge in [0.2, 0.25) is 0 Å². The molecule has 0 aliphatic heterocycles. The highest BCUT2D eigenvalue weighted by Gasteiger charge is 1.94. The predicted molar refractivity (Wildman–Crippen MR) is 53.0 cm³/mol. The van der Waals surface area contributed by atoms with Crippen molar-refractivity contribution in [2.75, 3.05) is 0 Å². The number of allylic oxidation sites excluding steroid dienone is 5. The largest absolute Gasteiger partial charge is 0.299 e. The van der Waals surface area contributed by atoms with Crippen LogP contribution in [0.5, 0.6) is 0 Å². The van der Waals surface area contributed by atoms with E-state index in [4.69, 9.17) is 0 Å². The van der Waals surface area contributed by atoms with Crippen LogP contribution in [0, 0.1) is 0 Å². The van der Waals surface area contributed by atoms with Gasteiger partial charge in [0, 0.05) is 12.8 Å². The van der Waals surface area contributed by atoms with Crippen LogP contribution in [-0.2, 0) is 4.79 Å². The molecule has 1 heteroatoms. The fourth-order valence-electron chi connectivity index (χ4n) is 0.754. The minimum Gasteiger partial charge on any atom is -0.299 e. The SMILES string of the molecule is C=CCCC(=O)CC=CC=CC. The van der Waals surface area contributed by atoms with E-state index in [2.05, 4.69) is 6.58 Å². The maximum Gasteiger partial charge on any atom is 0.136 e. The van der Waals surface area contributed by atoms with Crippen LogP contribution in [0.1, 0.15) is 26.2 Å². The third kappa shape index (κ3) is 7.00. The Morgan fingerprint density at radius 3 is 2.75 bits per heavy atom. The second-order valence-electron chi connectivity index (χ2n) is 2.52. The third-order valence-electron chi connectivity index (χ3n) is 1.41. The maximum atomic E-state index is 11.0. The Bertz CT molecular complexity index is 187. The highest BCUT2D eigenvalue weighted by molar-refractivity contribution is 5.79. The van der Waals surface area contributed by atoms with Gasteiger partial charge < -0.3 is 0 Å². The summed E-state index contributed by atoms with van der Waals surface area (Å²) in [6, 6.07) is 0. The van der Waals surface area contributed by atoms with E-state index in [0.717, 1.165) is 6.42 Å². The molecular formula is C11H16O. The first-order valence-corrected chi connectivity index (χ1v) is 4.21. The Morgan fingerprint density at radius 2 is 2.17 bits per heavy atom. The number of hydrogen-bond donors (Lipinski definition) is 0. The van der Waals surface area contributed by atoms with Crippen LogP contribution in [-0.4, -0.2) is 5.78 Å². The van der Waals surface area contributed by atoms with Crippen molar-refractivity contribution in [1.29, 1.82) is 0 Å². The first kappa shape index (κ1) is 10.9. The molecule has 0 saturated heterocycles. The maximum absolute atomic E-state index is 11.0. The van der Waals surface area contributed by atoms with Gasteiger partial charge >= 0.3 is 0 Å². The van der Waals surface area contributed by atoms with Crippen molar-refractivity contribution in [3.8, 4) is 0 Å². The molecule has 0 bridgehead atoms. The summed E-state index contributed by atoms with van der Waals surface area (Å²) in [5.74, 6) is 0.274. The van der Waals surface area contributed by atoms with Crippen molar-refractivity contribution in [3.05, 3.63) is 37.0 Å². The van der Waals surface area contributed by atoms with E-state index in [-0.39, 0.29) is 5.78 Å². The Kier molecular flexibility index (Phi) is 7.25. The fraction of sp³-hybridized carbons (Fsp3) is 0.364. The third-order valence-corrected chi connectivity index (χ3v) is 1.41. The number of rotatable bonds is 6. The van der Waals surface area contributed by atoms with E-state index >= 15 is 0 Å². The first-order valence-electron chi connectivity index (χ1n) is 4.21. The standard InChI is InChI=1S/C11H16O/c1-3-5-7-8-10-11(12)9-6-4-2/h3-5,7-8H,2,6,9-10H2,1H3. The zero-order chi connectivity index (χ0) is 9.23. The second-order valence-corrected chi connectivity index (χ2v) is 2.52. The summed E-state index contributed by atoms with van der Waals surface area (Å²) < 4.78 is 0. The van der Waals surface area contributed by atoms with Gasteiger partial charge in [-0.05, 0) is 13.3 Å². The molecule has 0 radical (unpaired) electrons. The lowest BCUT2D eigenvalue weighted by atomic mass is 10.1. The van der Waals surface area contributed by atoms with E-state index in [9.17, 15) is 4.79 Å². The van der Waals surface area contributed by atoms with Crippen molar-refractivity contribution in [2.24, 2.45) is 0 Å². The number of carbonyl (C=O) groups excluding carboxylic acids is 1. The molecule has 0 heterocycles. The van der Waals surface area contributed by atoms with Gasteiger partial charge in [-0.15, -0.1) is 6.58 Å². The van der Waals surface area contributed by atoms with Gasteiger partial charge in [-0.3, -0.25) is 4.79 Å². The smallest absolute Gasteiger partial charge is 0.136 e. The molecule has 0 aromatic heterocycles. The molecule has 0 atom stereocenters. The summed E-state index contributed by atoms with van der Waals surface area (Å²) in [6.07, 6.45) is 11.3. The monoisotopic (exact) mass is 164 g/mol. The molecule has 0 saturated carbocycles. The zero-order valence-electron chi connectivity index (χ0n) is 7.62. The quantitative estimate of drug-likeness (QED) is 0.435. The number of hydrogen-bond acceptors (Lipinski definition) is 1. The second kappa shape index (κ2) is 7.99. The molecule has 0 aromatic rings. The topological polar surface area (TPSA) is 17.1 Å². The average Bonchev–Trinajstić information content (AvgIpc) is 2.09. The predicted octanol–water partition coefficient (Wildman–Crippen LogP) is 3.04. The van der Waals surface area contributed by atoms with Crippen molar-refractivity contribution in [1.82, 2.24) is 0 Å². The Balaban J connectivity index is 3.49. The van der Waals surface area contributed by atoms with E-state index in [1.165, 1.54) is 0 Å². The Labute approximate surface area is 74.5 Å². The molecule has 0 unspecified atom stereocenters. The fourth-order valence-corrected chi connectivity index (χ4v) is 0.754. The molecule has 0 N–H and O–H groups in total. The van der Waals surface area contributed by atoms with Gasteiger partial charge in [0.05, 0.1) is 0 Å². The van der Waals surface area contributed by atoms with Gasteiger partial charge in [0.25, 0.3) is 0 Å². The summed E-state index contributed by atoms with van der Waals surface area (Å²) in [7, 11) is 0. The van der Waals surface area contributed by atoms with Crippen LogP contribution < -0.4 is 0 Å². The highest BCUT2D eigenvalue weighted by atomic mass is 16.1. The van der Waals surface area contributed by atoms with Crippen LogP contribution in [0.15, 0.2) is 37.0 Å².